The average Bonchev–Trinajstić information content (AvgIpc) is 3.13. The Hall–Kier alpha value is -2.31. The predicted octanol–water partition coefficient (Wildman–Crippen LogP) is 1.85. The van der Waals surface area contributed by atoms with E-state index in [4.69, 9.17) is 0 Å². The number of hydrogen-bond donors (Lipinski definition) is 1. The third kappa shape index (κ3) is 3.29. The molecule has 0 aliphatic heterocycles. The number of aryl methyl sites for hydroxylation is 1. The summed E-state index contributed by atoms with van der Waals surface area (Å²) in [6, 6.07) is 4.91. The van der Waals surface area contributed by atoms with Gasteiger partial charge in [-0.25, -0.2) is 4.39 Å². The summed E-state index contributed by atoms with van der Waals surface area (Å²) in [5.74, 6) is 0.00925. The monoisotopic (exact) mass is 303 g/mol. The summed E-state index contributed by atoms with van der Waals surface area (Å²) in [7, 11) is 0. The number of aromatic nitrogens is 4. The first-order valence-corrected chi connectivity index (χ1v) is 7.45. The van der Waals surface area contributed by atoms with Gasteiger partial charge in [-0.3, -0.25) is 4.79 Å². The highest BCUT2D eigenvalue weighted by atomic mass is 19.1. The van der Waals surface area contributed by atoms with Gasteiger partial charge in [-0.1, -0.05) is 12.8 Å². The zero-order valence-corrected chi connectivity index (χ0v) is 12.4. The molecule has 6 nitrogen and oxygen atoms in total. The fraction of sp³-hybridized carbons (Fsp3) is 0.467. The van der Waals surface area contributed by atoms with E-state index in [-0.39, 0.29) is 24.3 Å². The van der Waals surface area contributed by atoms with Gasteiger partial charge in [-0.05, 0) is 48.7 Å². The summed E-state index contributed by atoms with van der Waals surface area (Å²) in [5.41, 5.74) is 1.20. The van der Waals surface area contributed by atoms with Crippen LogP contribution < -0.4 is 5.32 Å². The molecule has 1 heterocycles. The highest BCUT2D eigenvalue weighted by Crippen LogP contribution is 2.18. The molecule has 2 aromatic rings. The minimum Gasteiger partial charge on any atom is -0.352 e. The van der Waals surface area contributed by atoms with Crippen molar-refractivity contribution in [2.75, 3.05) is 0 Å². The lowest BCUT2D eigenvalue weighted by Crippen LogP contribution is -2.35. The molecule has 7 heteroatoms. The zero-order chi connectivity index (χ0) is 15.5. The van der Waals surface area contributed by atoms with Crippen LogP contribution in [0.1, 0.15) is 31.2 Å². The van der Waals surface area contributed by atoms with E-state index in [9.17, 15) is 9.18 Å². The Morgan fingerprint density at radius 3 is 2.91 bits per heavy atom. The number of carbonyl (C=O) groups is 1. The Bertz CT molecular complexity index is 678. The summed E-state index contributed by atoms with van der Waals surface area (Å²) in [5, 5.41) is 15.0. The van der Waals surface area contributed by atoms with Crippen LogP contribution in [-0.2, 0) is 11.3 Å². The van der Waals surface area contributed by atoms with E-state index in [0.717, 1.165) is 12.8 Å². The lowest BCUT2D eigenvalue weighted by Gasteiger charge is -2.10. The molecule has 1 aromatic carbocycles. The van der Waals surface area contributed by atoms with Crippen LogP contribution in [-0.4, -0.2) is 32.2 Å². The summed E-state index contributed by atoms with van der Waals surface area (Å²) >= 11 is 0. The molecule has 0 unspecified atom stereocenters. The van der Waals surface area contributed by atoms with Gasteiger partial charge in [0.05, 0.1) is 0 Å². The number of carbonyl (C=O) groups excluding carboxylic acids is 1. The minimum absolute atomic E-state index is 0.0453. The smallest absolute Gasteiger partial charge is 0.243 e. The Balaban J connectivity index is 1.65. The van der Waals surface area contributed by atoms with Gasteiger partial charge in [-0.15, -0.1) is 10.2 Å². The molecule has 0 radical (unpaired) electrons. The number of amides is 1. The molecule has 1 aromatic heterocycles. The fourth-order valence-electron chi connectivity index (χ4n) is 2.68. The quantitative estimate of drug-likeness (QED) is 0.935. The third-order valence-electron chi connectivity index (χ3n) is 3.87. The molecule has 116 valence electrons. The Morgan fingerprint density at radius 2 is 2.18 bits per heavy atom. The molecule has 0 atom stereocenters. The van der Waals surface area contributed by atoms with E-state index >= 15 is 0 Å². The van der Waals surface area contributed by atoms with Gasteiger partial charge in [0.1, 0.15) is 12.4 Å². The maximum Gasteiger partial charge on any atom is 0.243 e. The highest BCUT2D eigenvalue weighted by molar-refractivity contribution is 5.75. The van der Waals surface area contributed by atoms with Crippen molar-refractivity contribution in [1.82, 2.24) is 25.5 Å². The zero-order valence-electron chi connectivity index (χ0n) is 12.4. The fourth-order valence-corrected chi connectivity index (χ4v) is 2.68. The number of tetrazole rings is 1. The summed E-state index contributed by atoms with van der Waals surface area (Å²) < 4.78 is 13.3. The summed E-state index contributed by atoms with van der Waals surface area (Å²) in [6.07, 6.45) is 4.41. The first-order chi connectivity index (χ1) is 10.6. The van der Waals surface area contributed by atoms with Crippen LogP contribution in [0.3, 0.4) is 0 Å². The molecular weight excluding hydrogens is 285 g/mol. The number of nitrogens with zero attached hydrogens (tertiary/aromatic N) is 4. The Morgan fingerprint density at radius 1 is 1.41 bits per heavy atom. The van der Waals surface area contributed by atoms with Crippen molar-refractivity contribution in [3.8, 4) is 11.4 Å². The second-order valence-corrected chi connectivity index (χ2v) is 5.66. The summed E-state index contributed by atoms with van der Waals surface area (Å²) in [6.45, 7) is 1.72. The van der Waals surface area contributed by atoms with Gasteiger partial charge < -0.3 is 5.32 Å². The van der Waals surface area contributed by atoms with Gasteiger partial charge in [-0.2, -0.15) is 4.80 Å². The maximum atomic E-state index is 13.3. The van der Waals surface area contributed by atoms with E-state index in [1.54, 1.807) is 19.1 Å². The van der Waals surface area contributed by atoms with Crippen molar-refractivity contribution in [1.29, 1.82) is 0 Å². The van der Waals surface area contributed by atoms with Crippen molar-refractivity contribution < 1.29 is 9.18 Å². The van der Waals surface area contributed by atoms with Gasteiger partial charge in [0.2, 0.25) is 11.7 Å². The van der Waals surface area contributed by atoms with Gasteiger partial charge in [0.15, 0.2) is 0 Å². The molecular formula is C15H18FN5O. The van der Waals surface area contributed by atoms with Gasteiger partial charge >= 0.3 is 0 Å². The number of hydrogen-bond acceptors (Lipinski definition) is 4. The molecule has 1 N–H and O–H groups in total. The largest absolute Gasteiger partial charge is 0.352 e. The van der Waals surface area contributed by atoms with Crippen LogP contribution in [0, 0.1) is 12.7 Å². The van der Waals surface area contributed by atoms with Crippen LogP contribution in [0.25, 0.3) is 11.4 Å². The van der Waals surface area contributed by atoms with Crippen molar-refractivity contribution in [2.24, 2.45) is 0 Å². The molecule has 0 bridgehead atoms. The lowest BCUT2D eigenvalue weighted by molar-refractivity contribution is -0.122. The molecule has 1 amide bonds. The number of halogens is 1. The highest BCUT2D eigenvalue weighted by Gasteiger charge is 2.18. The van der Waals surface area contributed by atoms with Crippen molar-refractivity contribution in [3.05, 3.63) is 29.6 Å². The molecule has 0 spiro atoms. The standard InChI is InChI=1S/C15H18FN5O/c1-10-8-11(6-7-13(10)16)15-18-20-21(19-15)9-14(22)17-12-4-2-3-5-12/h6-8,12H,2-5,9H2,1H3,(H,17,22). The van der Waals surface area contributed by atoms with Crippen LogP contribution in [0.2, 0.25) is 0 Å². The Labute approximate surface area is 127 Å². The van der Waals surface area contributed by atoms with Crippen molar-refractivity contribution in [3.63, 3.8) is 0 Å². The molecule has 1 fully saturated rings. The number of benzene rings is 1. The Kier molecular flexibility index (Phi) is 4.13. The normalized spacial score (nSPS) is 15.2. The molecule has 22 heavy (non-hydrogen) atoms. The molecule has 3 rings (SSSR count). The van der Waals surface area contributed by atoms with Crippen LogP contribution in [0.4, 0.5) is 4.39 Å². The topological polar surface area (TPSA) is 72.7 Å². The first-order valence-electron chi connectivity index (χ1n) is 7.45. The molecule has 1 aliphatic rings. The molecule has 1 aliphatic carbocycles. The van der Waals surface area contributed by atoms with Crippen molar-refractivity contribution >= 4 is 5.91 Å². The second kappa shape index (κ2) is 6.21. The first kappa shape index (κ1) is 14.6. The second-order valence-electron chi connectivity index (χ2n) is 5.66. The van der Waals surface area contributed by atoms with Crippen molar-refractivity contribution in [2.45, 2.75) is 45.2 Å². The number of nitrogens with one attached hydrogen (secondary N) is 1. The molecule has 0 saturated heterocycles. The lowest BCUT2D eigenvalue weighted by atomic mass is 10.1. The van der Waals surface area contributed by atoms with Crippen LogP contribution >= 0.6 is 0 Å². The van der Waals surface area contributed by atoms with E-state index in [1.165, 1.54) is 23.7 Å². The van der Waals surface area contributed by atoms with E-state index in [1.807, 2.05) is 0 Å². The van der Waals surface area contributed by atoms with Gasteiger partial charge in [0.25, 0.3) is 0 Å². The van der Waals surface area contributed by atoms with E-state index < -0.39 is 0 Å². The number of rotatable bonds is 4. The predicted molar refractivity (Wildman–Crippen MR) is 78.3 cm³/mol. The van der Waals surface area contributed by atoms with Gasteiger partial charge in [0, 0.05) is 11.6 Å². The maximum absolute atomic E-state index is 13.3. The average molecular weight is 303 g/mol. The molecule has 1 saturated carbocycles. The van der Waals surface area contributed by atoms with Crippen LogP contribution in [0.15, 0.2) is 18.2 Å². The minimum atomic E-state index is -0.271. The third-order valence-corrected chi connectivity index (χ3v) is 3.87. The van der Waals surface area contributed by atoms with E-state index in [0.29, 0.717) is 17.0 Å². The summed E-state index contributed by atoms with van der Waals surface area (Å²) in [4.78, 5) is 13.2. The SMILES string of the molecule is Cc1cc(-c2nnn(CC(=O)NC3CCCC3)n2)ccc1F. The van der Waals surface area contributed by atoms with Crippen LogP contribution in [0.5, 0.6) is 0 Å². The van der Waals surface area contributed by atoms with E-state index in [2.05, 4.69) is 20.7 Å².